The molecular weight excluding hydrogens is 423 g/mol. The van der Waals surface area contributed by atoms with Crippen molar-refractivity contribution in [3.63, 3.8) is 0 Å². The maximum Gasteiger partial charge on any atom is 0.408 e. The van der Waals surface area contributed by atoms with Crippen molar-refractivity contribution in [1.82, 2.24) is 15.6 Å². The molecular formula is C23H24F3N3O3. The Morgan fingerprint density at radius 3 is 2.34 bits per heavy atom. The molecule has 0 spiro atoms. The number of aromatic amines is 1. The van der Waals surface area contributed by atoms with Gasteiger partial charge in [-0.1, -0.05) is 0 Å². The first-order valence-electron chi connectivity index (χ1n) is 10.0. The fourth-order valence-electron chi connectivity index (χ4n) is 3.25. The van der Waals surface area contributed by atoms with E-state index in [9.17, 15) is 22.8 Å². The van der Waals surface area contributed by atoms with Gasteiger partial charge >= 0.3 is 6.09 Å². The molecule has 0 unspecified atom stereocenters. The summed E-state index contributed by atoms with van der Waals surface area (Å²) in [5, 5.41) is 5.34. The number of nitrogens with one attached hydrogen (secondary N) is 3. The van der Waals surface area contributed by atoms with Crippen molar-refractivity contribution in [3.8, 4) is 11.3 Å². The fraction of sp³-hybridized carbons (Fsp3) is 0.304. The van der Waals surface area contributed by atoms with Crippen molar-refractivity contribution in [1.29, 1.82) is 0 Å². The Balaban J connectivity index is 1.73. The Bertz CT molecular complexity index is 1140. The predicted octanol–water partition coefficient (Wildman–Crippen LogP) is 4.44. The normalized spacial score (nSPS) is 11.4. The minimum Gasteiger partial charge on any atom is -0.444 e. The number of carbonyl (C=O) groups is 2. The lowest BCUT2D eigenvalue weighted by Crippen LogP contribution is -2.40. The van der Waals surface area contributed by atoms with Crippen LogP contribution in [0.3, 0.4) is 0 Å². The largest absolute Gasteiger partial charge is 0.444 e. The van der Waals surface area contributed by atoms with Crippen LogP contribution >= 0.6 is 0 Å². The minimum absolute atomic E-state index is 0.124. The topological polar surface area (TPSA) is 83.2 Å². The molecule has 170 valence electrons. The summed E-state index contributed by atoms with van der Waals surface area (Å²) in [6, 6.07) is 7.59. The molecule has 0 fully saturated rings. The first-order chi connectivity index (χ1) is 15.0. The first kappa shape index (κ1) is 23.2. The fourth-order valence-corrected chi connectivity index (χ4v) is 3.25. The third-order valence-electron chi connectivity index (χ3n) is 4.55. The molecule has 0 saturated heterocycles. The van der Waals surface area contributed by atoms with E-state index in [1.165, 1.54) is 30.3 Å². The van der Waals surface area contributed by atoms with Crippen LogP contribution in [0.25, 0.3) is 22.2 Å². The molecule has 2 aromatic carbocycles. The third-order valence-corrected chi connectivity index (χ3v) is 4.55. The number of ether oxygens (including phenoxy) is 1. The van der Waals surface area contributed by atoms with Gasteiger partial charge in [-0.2, -0.15) is 0 Å². The Morgan fingerprint density at radius 1 is 1.00 bits per heavy atom. The van der Waals surface area contributed by atoms with Crippen molar-refractivity contribution in [2.45, 2.75) is 32.8 Å². The van der Waals surface area contributed by atoms with Gasteiger partial charge in [0.1, 0.15) is 23.1 Å². The summed E-state index contributed by atoms with van der Waals surface area (Å²) in [7, 11) is 0. The highest BCUT2D eigenvalue weighted by Gasteiger charge is 2.18. The van der Waals surface area contributed by atoms with E-state index in [1.807, 2.05) is 0 Å². The summed E-state index contributed by atoms with van der Waals surface area (Å²) in [4.78, 5) is 26.6. The molecule has 3 aromatic rings. The molecule has 0 bridgehead atoms. The number of halogens is 3. The smallest absolute Gasteiger partial charge is 0.408 e. The number of hydrogen-bond acceptors (Lipinski definition) is 3. The van der Waals surface area contributed by atoms with Gasteiger partial charge in [-0.15, -0.1) is 0 Å². The second-order valence-corrected chi connectivity index (χ2v) is 8.25. The monoisotopic (exact) mass is 447 g/mol. The first-order valence-corrected chi connectivity index (χ1v) is 10.0. The Labute approximate surface area is 183 Å². The zero-order valence-electron chi connectivity index (χ0n) is 17.9. The van der Waals surface area contributed by atoms with Crippen molar-refractivity contribution in [2.24, 2.45) is 0 Å². The van der Waals surface area contributed by atoms with E-state index >= 15 is 0 Å². The summed E-state index contributed by atoms with van der Waals surface area (Å²) in [5.74, 6) is -2.35. The molecule has 1 aromatic heterocycles. The summed E-state index contributed by atoms with van der Waals surface area (Å²) < 4.78 is 46.6. The van der Waals surface area contributed by atoms with E-state index < -0.39 is 35.1 Å². The maximum absolute atomic E-state index is 14.3. The van der Waals surface area contributed by atoms with Gasteiger partial charge in [0.15, 0.2) is 0 Å². The predicted molar refractivity (Wildman–Crippen MR) is 115 cm³/mol. The van der Waals surface area contributed by atoms with Crippen LogP contribution in [0.5, 0.6) is 0 Å². The van der Waals surface area contributed by atoms with Gasteiger partial charge in [-0.25, -0.2) is 18.0 Å². The molecule has 0 aliphatic rings. The summed E-state index contributed by atoms with van der Waals surface area (Å²) >= 11 is 0. The van der Waals surface area contributed by atoms with Crippen LogP contribution in [0.2, 0.25) is 0 Å². The van der Waals surface area contributed by atoms with Gasteiger partial charge in [0.2, 0.25) is 5.91 Å². The molecule has 0 aliphatic carbocycles. The van der Waals surface area contributed by atoms with Crippen LogP contribution in [-0.2, 0) is 16.0 Å². The zero-order chi connectivity index (χ0) is 23.5. The van der Waals surface area contributed by atoms with Crippen molar-refractivity contribution in [3.05, 3.63) is 59.4 Å². The van der Waals surface area contributed by atoms with Crippen LogP contribution in [0, 0.1) is 17.5 Å². The van der Waals surface area contributed by atoms with E-state index in [0.717, 1.165) is 6.07 Å². The van der Waals surface area contributed by atoms with E-state index in [0.29, 0.717) is 22.2 Å². The lowest BCUT2D eigenvalue weighted by Gasteiger charge is -2.19. The molecule has 0 saturated carbocycles. The highest BCUT2D eigenvalue weighted by atomic mass is 19.1. The zero-order valence-corrected chi connectivity index (χ0v) is 17.9. The number of aromatic nitrogens is 1. The summed E-state index contributed by atoms with van der Waals surface area (Å²) in [6.07, 6.45) is -0.470. The van der Waals surface area contributed by atoms with Gasteiger partial charge < -0.3 is 20.4 Å². The second-order valence-electron chi connectivity index (χ2n) is 8.25. The quantitative estimate of drug-likeness (QED) is 0.523. The number of carbonyl (C=O) groups excluding carboxylic acids is 2. The molecule has 3 rings (SSSR count). The summed E-state index contributed by atoms with van der Waals surface area (Å²) in [5.41, 5.74) is 1.11. The van der Waals surface area contributed by atoms with Gasteiger partial charge in [0, 0.05) is 23.7 Å². The van der Waals surface area contributed by atoms with Crippen molar-refractivity contribution >= 4 is 22.9 Å². The number of hydrogen-bond donors (Lipinski definition) is 3. The lowest BCUT2D eigenvalue weighted by molar-refractivity contribution is -0.120. The average molecular weight is 447 g/mol. The van der Waals surface area contributed by atoms with Crippen LogP contribution in [0.15, 0.2) is 36.4 Å². The molecule has 3 N–H and O–H groups in total. The number of rotatable bonds is 6. The number of fused-ring (bicyclic) bond motifs is 1. The highest BCUT2D eigenvalue weighted by Crippen LogP contribution is 2.32. The Morgan fingerprint density at radius 2 is 1.69 bits per heavy atom. The van der Waals surface area contributed by atoms with E-state index in [4.69, 9.17) is 4.74 Å². The number of alkyl carbamates (subject to hydrolysis) is 1. The number of H-pyrrole nitrogens is 1. The number of amides is 2. The summed E-state index contributed by atoms with van der Waals surface area (Å²) in [6.45, 7) is 4.99. The van der Waals surface area contributed by atoms with Crippen LogP contribution < -0.4 is 10.6 Å². The van der Waals surface area contributed by atoms with Gasteiger partial charge in [0.25, 0.3) is 0 Å². The number of benzene rings is 2. The van der Waals surface area contributed by atoms with Crippen LogP contribution in [-0.4, -0.2) is 35.7 Å². The Hall–Kier alpha value is -3.49. The molecule has 0 aliphatic heterocycles. The highest BCUT2D eigenvalue weighted by molar-refractivity contribution is 5.91. The van der Waals surface area contributed by atoms with Crippen molar-refractivity contribution in [2.75, 3.05) is 13.1 Å². The average Bonchev–Trinajstić information content (AvgIpc) is 3.04. The van der Waals surface area contributed by atoms with E-state index in [1.54, 1.807) is 20.8 Å². The molecule has 1 heterocycles. The SMILES string of the molecule is CC(C)(C)OC(=O)NCC(=O)NCCc1c(-c2ccc(F)cc2)[nH]c2c(F)cc(F)cc12. The minimum atomic E-state index is -0.750. The molecule has 0 atom stereocenters. The third kappa shape index (κ3) is 5.81. The molecule has 0 radical (unpaired) electrons. The van der Waals surface area contributed by atoms with E-state index in [2.05, 4.69) is 15.6 Å². The van der Waals surface area contributed by atoms with Gasteiger partial charge in [0.05, 0.1) is 12.1 Å². The molecule has 32 heavy (non-hydrogen) atoms. The maximum atomic E-state index is 14.3. The van der Waals surface area contributed by atoms with Crippen LogP contribution in [0.1, 0.15) is 26.3 Å². The standard InChI is InChI=1S/C23H24F3N3O3/c1-23(2,3)32-22(31)28-12-19(30)27-9-8-16-17-10-15(25)11-18(26)21(17)29-20(16)13-4-6-14(24)7-5-13/h4-7,10-11,29H,8-9,12H2,1-3H3,(H,27,30)(H,28,31). The molecule has 2 amide bonds. The molecule has 9 heteroatoms. The van der Waals surface area contributed by atoms with Crippen molar-refractivity contribution < 1.29 is 27.5 Å². The van der Waals surface area contributed by atoms with Gasteiger partial charge in [-0.05, 0) is 68.7 Å². The van der Waals surface area contributed by atoms with Gasteiger partial charge in [-0.3, -0.25) is 4.79 Å². The lowest BCUT2D eigenvalue weighted by atomic mass is 10.0. The van der Waals surface area contributed by atoms with Crippen LogP contribution in [0.4, 0.5) is 18.0 Å². The molecule has 6 nitrogen and oxygen atoms in total. The Kier molecular flexibility index (Phi) is 6.76. The second kappa shape index (κ2) is 9.33. The van der Waals surface area contributed by atoms with E-state index in [-0.39, 0.29) is 25.0 Å².